The highest BCUT2D eigenvalue weighted by Gasteiger charge is 2.37. The third kappa shape index (κ3) is 4.22. The van der Waals surface area contributed by atoms with Crippen LogP contribution in [0.25, 0.3) is 0 Å². The van der Waals surface area contributed by atoms with Gasteiger partial charge in [-0.1, -0.05) is 6.92 Å². The standard InChI is InChI=1S/C10H15F3N2O3S/c1-2-5-15(7-10(11,12)13)19(16,17)9-4-3-8(6-14)18-9/h3-4H,2,5-7,14H2,1H3. The predicted octanol–water partition coefficient (Wildman–Crippen LogP) is 1.70. The minimum absolute atomic E-state index is 0.0252. The van der Waals surface area contributed by atoms with E-state index in [9.17, 15) is 21.6 Å². The molecule has 0 aromatic carbocycles. The molecule has 0 aliphatic carbocycles. The summed E-state index contributed by atoms with van der Waals surface area (Å²) in [5, 5.41) is -0.523. The van der Waals surface area contributed by atoms with Gasteiger partial charge >= 0.3 is 6.18 Å². The van der Waals surface area contributed by atoms with Crippen molar-refractivity contribution in [3.8, 4) is 0 Å². The fraction of sp³-hybridized carbons (Fsp3) is 0.600. The number of rotatable bonds is 6. The van der Waals surface area contributed by atoms with E-state index in [1.165, 1.54) is 6.07 Å². The highest BCUT2D eigenvalue weighted by atomic mass is 32.2. The Morgan fingerprint density at radius 3 is 2.42 bits per heavy atom. The average molecular weight is 300 g/mol. The van der Waals surface area contributed by atoms with Crippen molar-refractivity contribution < 1.29 is 26.0 Å². The monoisotopic (exact) mass is 300 g/mol. The first kappa shape index (κ1) is 16.0. The minimum atomic E-state index is -4.61. The smallest absolute Gasteiger partial charge is 0.402 e. The van der Waals surface area contributed by atoms with Gasteiger partial charge in [-0.25, -0.2) is 8.42 Å². The molecule has 0 aliphatic rings. The summed E-state index contributed by atoms with van der Waals surface area (Å²) >= 11 is 0. The zero-order chi connectivity index (χ0) is 14.7. The number of nitrogens with two attached hydrogens (primary N) is 1. The van der Waals surface area contributed by atoms with Gasteiger partial charge in [0.2, 0.25) is 5.09 Å². The lowest BCUT2D eigenvalue weighted by molar-refractivity contribution is -0.136. The quantitative estimate of drug-likeness (QED) is 0.867. The number of alkyl halides is 3. The topological polar surface area (TPSA) is 76.5 Å². The summed E-state index contributed by atoms with van der Waals surface area (Å²) in [4.78, 5) is 0. The SMILES string of the molecule is CCCN(CC(F)(F)F)S(=O)(=O)c1ccc(CN)o1. The van der Waals surface area contributed by atoms with E-state index >= 15 is 0 Å². The third-order valence-corrected chi connectivity index (χ3v) is 3.98. The van der Waals surface area contributed by atoms with Crippen LogP contribution in [-0.2, 0) is 16.6 Å². The predicted molar refractivity (Wildman–Crippen MR) is 61.7 cm³/mol. The van der Waals surface area contributed by atoms with Gasteiger partial charge in [-0.15, -0.1) is 0 Å². The van der Waals surface area contributed by atoms with Crippen LogP contribution in [0.2, 0.25) is 0 Å². The lowest BCUT2D eigenvalue weighted by atomic mass is 10.5. The minimum Gasteiger partial charge on any atom is -0.447 e. The van der Waals surface area contributed by atoms with Crippen LogP contribution in [0.1, 0.15) is 19.1 Å². The van der Waals surface area contributed by atoms with Crippen LogP contribution in [0.15, 0.2) is 21.6 Å². The largest absolute Gasteiger partial charge is 0.447 e. The first-order valence-electron chi connectivity index (χ1n) is 5.56. The normalized spacial score (nSPS) is 13.2. The van der Waals surface area contributed by atoms with E-state index in [4.69, 9.17) is 10.2 Å². The van der Waals surface area contributed by atoms with Gasteiger partial charge in [0.1, 0.15) is 12.3 Å². The second-order valence-corrected chi connectivity index (χ2v) is 5.75. The van der Waals surface area contributed by atoms with E-state index < -0.39 is 27.8 Å². The summed E-state index contributed by atoms with van der Waals surface area (Å²) in [6.07, 6.45) is -4.34. The molecule has 0 radical (unpaired) electrons. The number of sulfonamides is 1. The van der Waals surface area contributed by atoms with Gasteiger partial charge < -0.3 is 10.2 Å². The van der Waals surface area contributed by atoms with Gasteiger partial charge in [0.25, 0.3) is 10.0 Å². The summed E-state index contributed by atoms with van der Waals surface area (Å²) < 4.78 is 66.5. The molecule has 0 saturated carbocycles. The van der Waals surface area contributed by atoms with E-state index in [0.29, 0.717) is 4.31 Å². The lowest BCUT2D eigenvalue weighted by Gasteiger charge is -2.21. The first-order chi connectivity index (χ1) is 8.70. The summed E-state index contributed by atoms with van der Waals surface area (Å²) in [5.74, 6) is 0.196. The van der Waals surface area contributed by atoms with Crippen molar-refractivity contribution in [1.82, 2.24) is 4.31 Å². The Kier molecular flexibility index (Phi) is 4.99. The van der Waals surface area contributed by atoms with Crippen molar-refractivity contribution in [2.24, 2.45) is 5.73 Å². The van der Waals surface area contributed by atoms with Crippen molar-refractivity contribution >= 4 is 10.0 Å². The first-order valence-corrected chi connectivity index (χ1v) is 7.00. The zero-order valence-corrected chi connectivity index (χ0v) is 11.1. The molecule has 2 N–H and O–H groups in total. The average Bonchev–Trinajstić information content (AvgIpc) is 2.75. The van der Waals surface area contributed by atoms with Crippen LogP contribution in [0.4, 0.5) is 13.2 Å². The lowest BCUT2D eigenvalue weighted by Crippen LogP contribution is -2.39. The van der Waals surface area contributed by atoms with Crippen LogP contribution in [-0.4, -0.2) is 32.0 Å². The van der Waals surface area contributed by atoms with Crippen LogP contribution in [0.3, 0.4) is 0 Å². The van der Waals surface area contributed by atoms with Crippen molar-refractivity contribution in [3.05, 3.63) is 17.9 Å². The van der Waals surface area contributed by atoms with E-state index in [1.807, 2.05) is 0 Å². The second kappa shape index (κ2) is 5.93. The number of hydrogen-bond acceptors (Lipinski definition) is 4. The van der Waals surface area contributed by atoms with Gasteiger partial charge in [-0.05, 0) is 18.6 Å². The van der Waals surface area contributed by atoms with Gasteiger partial charge in [0.05, 0.1) is 6.54 Å². The Hall–Kier alpha value is -1.06. The van der Waals surface area contributed by atoms with Gasteiger partial charge in [-0.2, -0.15) is 17.5 Å². The van der Waals surface area contributed by atoms with Crippen LogP contribution in [0, 0.1) is 0 Å². The van der Waals surface area contributed by atoms with Crippen molar-refractivity contribution in [3.63, 3.8) is 0 Å². The molecule has 0 bridgehead atoms. The maximum absolute atomic E-state index is 12.4. The van der Waals surface area contributed by atoms with Crippen LogP contribution in [0.5, 0.6) is 0 Å². The molecule has 0 fully saturated rings. The maximum atomic E-state index is 12.4. The second-order valence-electron chi connectivity index (χ2n) is 3.88. The molecule has 0 saturated heterocycles. The molecule has 9 heteroatoms. The van der Waals surface area contributed by atoms with Gasteiger partial charge in [0.15, 0.2) is 0 Å². The molecular formula is C10H15F3N2O3S. The van der Waals surface area contributed by atoms with E-state index in [2.05, 4.69) is 0 Å². The number of halogens is 3. The number of nitrogens with zero attached hydrogens (tertiary/aromatic N) is 1. The number of hydrogen-bond donors (Lipinski definition) is 1. The van der Waals surface area contributed by atoms with Gasteiger partial charge in [0, 0.05) is 6.54 Å². The van der Waals surface area contributed by atoms with Gasteiger partial charge in [-0.3, -0.25) is 0 Å². The summed E-state index contributed by atoms with van der Waals surface area (Å²) in [6.45, 7) is -0.211. The molecule has 1 rings (SSSR count). The molecule has 5 nitrogen and oxygen atoms in total. The van der Waals surface area contributed by atoms with Crippen molar-refractivity contribution in [1.29, 1.82) is 0 Å². The maximum Gasteiger partial charge on any atom is 0.402 e. The molecule has 0 aliphatic heterocycles. The molecule has 19 heavy (non-hydrogen) atoms. The molecule has 0 amide bonds. The highest BCUT2D eigenvalue weighted by molar-refractivity contribution is 7.89. The molecule has 1 heterocycles. The molecule has 0 atom stereocenters. The van der Waals surface area contributed by atoms with E-state index in [0.717, 1.165) is 6.07 Å². The van der Waals surface area contributed by atoms with Crippen molar-refractivity contribution in [2.75, 3.05) is 13.1 Å². The van der Waals surface area contributed by atoms with Crippen LogP contribution >= 0.6 is 0 Å². The Morgan fingerprint density at radius 2 is 2.00 bits per heavy atom. The Morgan fingerprint density at radius 1 is 1.37 bits per heavy atom. The molecule has 1 aromatic rings. The zero-order valence-electron chi connectivity index (χ0n) is 10.3. The van der Waals surface area contributed by atoms with Crippen LogP contribution < -0.4 is 5.73 Å². The van der Waals surface area contributed by atoms with E-state index in [1.54, 1.807) is 6.92 Å². The van der Waals surface area contributed by atoms with E-state index in [-0.39, 0.29) is 25.3 Å². The number of furan rings is 1. The fourth-order valence-electron chi connectivity index (χ4n) is 1.47. The molecule has 0 unspecified atom stereocenters. The summed E-state index contributed by atoms with van der Waals surface area (Å²) in [6, 6.07) is 2.43. The molecular weight excluding hydrogens is 285 g/mol. The third-order valence-electron chi connectivity index (χ3n) is 2.26. The Bertz CT molecular complexity index is 510. The summed E-state index contributed by atoms with van der Waals surface area (Å²) in [7, 11) is -4.29. The summed E-state index contributed by atoms with van der Waals surface area (Å²) in [5.41, 5.74) is 5.26. The fourth-order valence-corrected chi connectivity index (χ4v) is 2.91. The molecule has 110 valence electrons. The highest BCUT2D eigenvalue weighted by Crippen LogP contribution is 2.24. The Labute approximate surface area is 109 Å². The Balaban J connectivity index is 3.05. The molecule has 0 spiro atoms. The van der Waals surface area contributed by atoms with Crippen molar-refractivity contribution in [2.45, 2.75) is 31.2 Å². The molecule has 1 aromatic heterocycles.